The molecule has 2 N–H and O–H groups in total. The van der Waals surface area contributed by atoms with E-state index in [-0.39, 0.29) is 12.0 Å². The van der Waals surface area contributed by atoms with Crippen LogP contribution in [0.2, 0.25) is 0 Å². The highest BCUT2D eigenvalue weighted by Crippen LogP contribution is 2.24. The molecule has 0 spiro atoms. The molecule has 2 aromatic rings. The Bertz CT molecular complexity index is 756. The number of thiazole rings is 1. The van der Waals surface area contributed by atoms with Crippen molar-refractivity contribution in [3.8, 4) is 0 Å². The number of guanidine groups is 1. The van der Waals surface area contributed by atoms with E-state index in [9.17, 15) is 4.79 Å². The minimum absolute atomic E-state index is 0.0638. The normalized spacial score (nSPS) is 13.9. The van der Waals surface area contributed by atoms with Crippen molar-refractivity contribution in [1.29, 1.82) is 0 Å². The van der Waals surface area contributed by atoms with Gasteiger partial charge < -0.3 is 15.4 Å². The van der Waals surface area contributed by atoms with Crippen LogP contribution in [0, 0.1) is 6.92 Å². The third-order valence-electron chi connectivity index (χ3n) is 3.98. The summed E-state index contributed by atoms with van der Waals surface area (Å²) in [5.74, 6) is 0.799. The highest BCUT2D eigenvalue weighted by atomic mass is 32.1. The average Bonchev–Trinajstić information content (AvgIpc) is 3.29. The Morgan fingerprint density at radius 3 is 2.78 bits per heavy atom. The summed E-state index contributed by atoms with van der Waals surface area (Å²) in [7, 11) is 0. The van der Waals surface area contributed by atoms with Crippen molar-refractivity contribution in [2.75, 3.05) is 19.7 Å². The van der Waals surface area contributed by atoms with E-state index in [1.54, 1.807) is 18.3 Å². The lowest BCUT2D eigenvalue weighted by Gasteiger charge is -2.17. The molecule has 27 heavy (non-hydrogen) atoms. The van der Waals surface area contributed by atoms with Crippen LogP contribution in [-0.2, 0) is 4.74 Å². The number of hydrogen-bond donors (Lipinski definition) is 2. The summed E-state index contributed by atoms with van der Waals surface area (Å²) in [4.78, 5) is 21.8. The van der Waals surface area contributed by atoms with Crippen LogP contribution in [0.25, 0.3) is 0 Å². The SMILES string of the molecule is CCNC(=NCC(C)c1ccsc1)NC(C)c1nc(C)c(C(=O)OCC)s1. The second kappa shape index (κ2) is 10.4. The zero-order valence-corrected chi connectivity index (χ0v) is 18.2. The molecule has 0 saturated heterocycles. The number of carbonyl (C=O) groups is 1. The van der Waals surface area contributed by atoms with Gasteiger partial charge in [0.2, 0.25) is 0 Å². The van der Waals surface area contributed by atoms with E-state index in [1.165, 1.54) is 16.9 Å². The van der Waals surface area contributed by atoms with Crippen LogP contribution in [0.5, 0.6) is 0 Å². The molecule has 0 aromatic carbocycles. The third kappa shape index (κ3) is 6.04. The van der Waals surface area contributed by atoms with Gasteiger partial charge in [0, 0.05) is 19.0 Å². The average molecular weight is 409 g/mol. The second-order valence-corrected chi connectivity index (χ2v) is 8.04. The highest BCUT2D eigenvalue weighted by molar-refractivity contribution is 7.13. The van der Waals surface area contributed by atoms with Crippen LogP contribution in [0.15, 0.2) is 21.8 Å². The van der Waals surface area contributed by atoms with E-state index in [4.69, 9.17) is 9.73 Å². The van der Waals surface area contributed by atoms with Gasteiger partial charge in [-0.05, 0) is 50.1 Å². The van der Waals surface area contributed by atoms with Crippen LogP contribution in [0.3, 0.4) is 0 Å². The summed E-state index contributed by atoms with van der Waals surface area (Å²) < 4.78 is 5.10. The molecule has 0 bridgehead atoms. The Morgan fingerprint density at radius 2 is 2.15 bits per heavy atom. The Labute approximate surface area is 169 Å². The Morgan fingerprint density at radius 1 is 1.37 bits per heavy atom. The number of nitrogens with zero attached hydrogens (tertiary/aromatic N) is 2. The number of thiophene rings is 1. The number of aliphatic imine (C=N–C) groups is 1. The molecule has 0 radical (unpaired) electrons. The first-order valence-electron chi connectivity index (χ1n) is 9.17. The van der Waals surface area contributed by atoms with Gasteiger partial charge in [0.15, 0.2) is 5.96 Å². The maximum atomic E-state index is 12.0. The summed E-state index contributed by atoms with van der Waals surface area (Å²) in [6, 6.07) is 2.08. The van der Waals surface area contributed by atoms with Gasteiger partial charge in [0.05, 0.1) is 18.3 Å². The number of carbonyl (C=O) groups excluding carboxylic acids is 1. The van der Waals surface area contributed by atoms with Gasteiger partial charge in [0.25, 0.3) is 0 Å². The van der Waals surface area contributed by atoms with Gasteiger partial charge >= 0.3 is 5.97 Å². The molecule has 6 nitrogen and oxygen atoms in total. The fourth-order valence-corrected chi connectivity index (χ4v) is 4.21. The Balaban J connectivity index is 2.05. The molecule has 0 fully saturated rings. The van der Waals surface area contributed by atoms with E-state index in [1.807, 2.05) is 20.8 Å². The smallest absolute Gasteiger partial charge is 0.350 e. The maximum absolute atomic E-state index is 12.0. The predicted octanol–water partition coefficient (Wildman–Crippen LogP) is 4.11. The zero-order valence-electron chi connectivity index (χ0n) is 16.5. The molecule has 2 aromatic heterocycles. The van der Waals surface area contributed by atoms with Gasteiger partial charge in [-0.2, -0.15) is 11.3 Å². The minimum Gasteiger partial charge on any atom is -0.462 e. The van der Waals surface area contributed by atoms with Gasteiger partial charge in [0.1, 0.15) is 9.88 Å². The molecule has 0 aliphatic carbocycles. The summed E-state index contributed by atoms with van der Waals surface area (Å²) >= 11 is 3.07. The monoisotopic (exact) mass is 408 g/mol. The number of aromatic nitrogens is 1. The fraction of sp³-hybridized carbons (Fsp3) is 0.526. The number of ether oxygens (including phenoxy) is 1. The van der Waals surface area contributed by atoms with Gasteiger partial charge in [-0.15, -0.1) is 11.3 Å². The van der Waals surface area contributed by atoms with Crippen molar-refractivity contribution in [2.24, 2.45) is 4.99 Å². The van der Waals surface area contributed by atoms with Crippen LogP contribution in [0.4, 0.5) is 0 Å². The molecule has 2 unspecified atom stereocenters. The first-order valence-corrected chi connectivity index (χ1v) is 10.9. The molecule has 0 aliphatic heterocycles. The topological polar surface area (TPSA) is 75.6 Å². The lowest BCUT2D eigenvalue weighted by Crippen LogP contribution is -2.39. The summed E-state index contributed by atoms with van der Waals surface area (Å²) in [6.07, 6.45) is 0. The van der Waals surface area contributed by atoms with Crippen molar-refractivity contribution in [3.63, 3.8) is 0 Å². The lowest BCUT2D eigenvalue weighted by atomic mass is 10.1. The van der Waals surface area contributed by atoms with E-state index in [0.29, 0.717) is 29.6 Å². The molecular formula is C19H28N4O2S2. The molecule has 0 amide bonds. The van der Waals surface area contributed by atoms with E-state index in [0.717, 1.165) is 17.5 Å². The zero-order chi connectivity index (χ0) is 19.8. The molecule has 2 heterocycles. The third-order valence-corrected chi connectivity index (χ3v) is 6.00. The number of hydrogen-bond acceptors (Lipinski definition) is 6. The van der Waals surface area contributed by atoms with Gasteiger partial charge in [-0.3, -0.25) is 4.99 Å². The number of aryl methyl sites for hydroxylation is 1. The summed E-state index contributed by atoms with van der Waals surface area (Å²) in [6.45, 7) is 11.7. The number of nitrogens with one attached hydrogen (secondary N) is 2. The van der Waals surface area contributed by atoms with E-state index < -0.39 is 0 Å². The van der Waals surface area contributed by atoms with Crippen molar-refractivity contribution in [1.82, 2.24) is 15.6 Å². The van der Waals surface area contributed by atoms with Crippen molar-refractivity contribution in [2.45, 2.75) is 46.6 Å². The van der Waals surface area contributed by atoms with Crippen LogP contribution >= 0.6 is 22.7 Å². The van der Waals surface area contributed by atoms with E-state index in [2.05, 4.69) is 39.4 Å². The maximum Gasteiger partial charge on any atom is 0.350 e. The fourth-order valence-electron chi connectivity index (χ4n) is 2.46. The van der Waals surface area contributed by atoms with Crippen LogP contribution in [0.1, 0.15) is 65.6 Å². The van der Waals surface area contributed by atoms with Gasteiger partial charge in [-0.25, -0.2) is 9.78 Å². The van der Waals surface area contributed by atoms with Crippen molar-refractivity contribution in [3.05, 3.63) is 38.0 Å². The Hall–Kier alpha value is -1.93. The molecular weight excluding hydrogens is 380 g/mol. The summed E-state index contributed by atoms with van der Waals surface area (Å²) in [5, 5.41) is 11.8. The molecule has 148 valence electrons. The first kappa shape index (κ1) is 21.4. The number of esters is 1. The minimum atomic E-state index is -0.309. The lowest BCUT2D eigenvalue weighted by molar-refractivity contribution is 0.0531. The van der Waals surface area contributed by atoms with E-state index >= 15 is 0 Å². The van der Waals surface area contributed by atoms with Crippen LogP contribution < -0.4 is 10.6 Å². The Kier molecular flexibility index (Phi) is 8.24. The predicted molar refractivity (Wildman–Crippen MR) is 113 cm³/mol. The first-order chi connectivity index (χ1) is 13.0. The quantitative estimate of drug-likeness (QED) is 0.391. The molecule has 2 atom stereocenters. The highest BCUT2D eigenvalue weighted by Gasteiger charge is 2.20. The molecule has 0 aliphatic rings. The van der Waals surface area contributed by atoms with Crippen molar-refractivity contribution < 1.29 is 9.53 Å². The standard InChI is InChI=1S/C19H28N4O2S2/c1-6-20-19(21-10-12(3)15-8-9-26-11-15)23-14(5)17-22-13(4)16(27-17)18(24)25-7-2/h8-9,11-12,14H,6-7,10H2,1-5H3,(H2,20,21,23). The summed E-state index contributed by atoms with van der Waals surface area (Å²) in [5.41, 5.74) is 2.01. The van der Waals surface area contributed by atoms with Gasteiger partial charge in [-0.1, -0.05) is 6.92 Å². The largest absolute Gasteiger partial charge is 0.462 e. The molecule has 0 saturated carbocycles. The number of rotatable bonds is 8. The molecule has 8 heteroatoms. The molecule has 2 rings (SSSR count). The van der Waals surface area contributed by atoms with Crippen LogP contribution in [-0.4, -0.2) is 36.6 Å². The second-order valence-electron chi connectivity index (χ2n) is 6.23. The van der Waals surface area contributed by atoms with Crippen molar-refractivity contribution >= 4 is 34.6 Å².